The molecule has 0 aliphatic carbocycles. The fraction of sp³-hybridized carbons (Fsp3) is 0.375. The highest BCUT2D eigenvalue weighted by molar-refractivity contribution is 5.61. The Morgan fingerprint density at radius 2 is 0.553 bits per heavy atom. The van der Waals surface area contributed by atoms with E-state index in [4.69, 9.17) is 10.2 Å². The Morgan fingerprint density at radius 1 is 0.342 bits per heavy atom. The molecule has 0 atom stereocenters. The van der Waals surface area contributed by atoms with Crippen LogP contribution in [0.25, 0.3) is 22.3 Å². The van der Waals surface area contributed by atoms with Gasteiger partial charge in [-0.2, -0.15) is 0 Å². The van der Waals surface area contributed by atoms with E-state index in [1.54, 1.807) is 0 Å². The number of rotatable bonds is 15. The molecule has 6 nitrogen and oxygen atoms in total. The lowest BCUT2D eigenvalue weighted by Crippen LogP contribution is -2.35. The van der Waals surface area contributed by atoms with Gasteiger partial charge in [0.1, 0.15) is 26.2 Å². The largest absolute Gasteiger partial charge is 0.396 e. The predicted octanol–water partition coefficient (Wildman–Crippen LogP) is 3.20. The van der Waals surface area contributed by atoms with Crippen LogP contribution in [0.1, 0.15) is 38.5 Å². The Balaban J connectivity index is 1.19. The molecule has 4 heterocycles. The molecule has 0 fully saturated rings. The number of hydrogen-bond donors (Lipinski definition) is 2. The van der Waals surface area contributed by atoms with E-state index >= 15 is 0 Å². The molecule has 0 amide bonds. The number of aliphatic hydroxyl groups is 2. The number of pyridine rings is 4. The van der Waals surface area contributed by atoms with Gasteiger partial charge in [-0.05, 0) is 35.1 Å². The third kappa shape index (κ3) is 8.54. The maximum atomic E-state index is 8.94. The molecule has 6 heteroatoms. The van der Waals surface area contributed by atoms with Crippen molar-refractivity contribution in [2.24, 2.45) is 0 Å². The summed E-state index contributed by atoms with van der Waals surface area (Å²) in [7, 11) is 0. The van der Waals surface area contributed by atoms with Crippen LogP contribution in [0, 0.1) is 0 Å². The molecule has 0 saturated carbocycles. The second-order valence-corrected chi connectivity index (χ2v) is 9.87. The van der Waals surface area contributed by atoms with Crippen molar-refractivity contribution in [2.75, 3.05) is 13.2 Å². The number of hydrogen-bond acceptors (Lipinski definition) is 2. The first-order valence-electron chi connectivity index (χ1n) is 13.9. The molecule has 0 bridgehead atoms. The molecule has 0 spiro atoms. The summed E-state index contributed by atoms with van der Waals surface area (Å²) in [6.07, 6.45) is 23.1. The third-order valence-corrected chi connectivity index (χ3v) is 6.96. The molecular weight excluding hydrogens is 472 g/mol. The lowest BCUT2D eigenvalue weighted by Gasteiger charge is -2.03. The van der Waals surface area contributed by atoms with E-state index in [1.807, 2.05) is 0 Å². The third-order valence-electron chi connectivity index (χ3n) is 6.96. The highest BCUT2D eigenvalue weighted by Crippen LogP contribution is 2.16. The summed E-state index contributed by atoms with van der Waals surface area (Å²) < 4.78 is 8.88. The van der Waals surface area contributed by atoms with E-state index < -0.39 is 0 Å². The summed E-state index contributed by atoms with van der Waals surface area (Å²) in [6, 6.07) is 17.4. The fourth-order valence-electron chi connectivity index (χ4n) is 4.60. The van der Waals surface area contributed by atoms with Crippen molar-refractivity contribution in [1.82, 2.24) is 0 Å². The Kier molecular flexibility index (Phi) is 10.9. The Bertz CT molecular complexity index is 1110. The second kappa shape index (κ2) is 15.1. The van der Waals surface area contributed by atoms with Crippen molar-refractivity contribution in [3.63, 3.8) is 0 Å². The van der Waals surface area contributed by atoms with E-state index in [2.05, 4.69) is 116 Å². The number of unbranched alkanes of at least 4 members (excludes halogenated alkanes) is 3. The summed E-state index contributed by atoms with van der Waals surface area (Å²) >= 11 is 0. The zero-order chi connectivity index (χ0) is 26.4. The molecular formula is C32H42N4O2+4. The number of aromatic nitrogens is 4. The maximum absolute atomic E-state index is 8.94. The molecule has 2 N–H and O–H groups in total. The monoisotopic (exact) mass is 514 g/mol. The summed E-state index contributed by atoms with van der Waals surface area (Å²) in [4.78, 5) is 0. The molecule has 0 unspecified atom stereocenters. The Hall–Kier alpha value is -3.48. The molecule has 0 aromatic carbocycles. The predicted molar refractivity (Wildman–Crippen MR) is 146 cm³/mol. The van der Waals surface area contributed by atoms with Crippen LogP contribution in [-0.4, -0.2) is 23.4 Å². The first-order chi connectivity index (χ1) is 18.7. The van der Waals surface area contributed by atoms with Gasteiger partial charge in [-0.15, -0.1) is 0 Å². The highest BCUT2D eigenvalue weighted by Gasteiger charge is 2.08. The van der Waals surface area contributed by atoms with Crippen molar-refractivity contribution in [2.45, 2.75) is 64.7 Å². The Morgan fingerprint density at radius 3 is 0.763 bits per heavy atom. The minimum absolute atomic E-state index is 0.262. The first kappa shape index (κ1) is 27.6. The smallest absolute Gasteiger partial charge is 0.169 e. The van der Waals surface area contributed by atoms with E-state index in [0.29, 0.717) is 0 Å². The van der Waals surface area contributed by atoms with Crippen LogP contribution < -0.4 is 18.3 Å². The van der Waals surface area contributed by atoms with Gasteiger partial charge in [0.25, 0.3) is 0 Å². The van der Waals surface area contributed by atoms with Gasteiger partial charge in [-0.1, -0.05) is 0 Å². The summed E-state index contributed by atoms with van der Waals surface area (Å²) in [6.45, 7) is 4.44. The van der Waals surface area contributed by atoms with Gasteiger partial charge in [0.2, 0.25) is 0 Å². The number of aliphatic hydroxyl groups excluding tert-OH is 2. The minimum atomic E-state index is 0.262. The average Bonchev–Trinajstić information content (AvgIpc) is 2.97. The zero-order valence-corrected chi connectivity index (χ0v) is 22.4. The van der Waals surface area contributed by atoms with Gasteiger partial charge in [0.05, 0.1) is 0 Å². The van der Waals surface area contributed by atoms with Crippen LogP contribution in [0.4, 0.5) is 0 Å². The quantitative estimate of drug-likeness (QED) is 0.189. The van der Waals surface area contributed by atoms with Crippen LogP contribution in [0.5, 0.6) is 0 Å². The lowest BCUT2D eigenvalue weighted by molar-refractivity contribution is -0.708. The number of aryl methyl sites for hydroxylation is 4. The minimum Gasteiger partial charge on any atom is -0.396 e. The first-order valence-corrected chi connectivity index (χ1v) is 13.9. The SMILES string of the molecule is OCCCC[n+]1ccc(-c2cc[n+](CCCC[n+]3ccc(-c4cc[n+](CCCCO)cc4)cc3)cc2)cc1. The van der Waals surface area contributed by atoms with Gasteiger partial charge in [0.15, 0.2) is 49.6 Å². The van der Waals surface area contributed by atoms with Crippen molar-refractivity contribution in [3.05, 3.63) is 98.1 Å². The Labute approximate surface area is 226 Å². The van der Waals surface area contributed by atoms with Gasteiger partial charge in [-0.3, -0.25) is 0 Å². The van der Waals surface area contributed by atoms with Crippen LogP contribution in [0.2, 0.25) is 0 Å². The highest BCUT2D eigenvalue weighted by atomic mass is 16.3. The van der Waals surface area contributed by atoms with Crippen LogP contribution >= 0.6 is 0 Å². The summed E-state index contributed by atoms with van der Waals surface area (Å²) in [5.41, 5.74) is 4.91. The van der Waals surface area contributed by atoms with Crippen LogP contribution in [0.3, 0.4) is 0 Å². The van der Waals surface area contributed by atoms with E-state index in [9.17, 15) is 0 Å². The van der Waals surface area contributed by atoms with Gasteiger partial charge in [0, 0.05) is 87.4 Å². The van der Waals surface area contributed by atoms with Crippen LogP contribution in [0.15, 0.2) is 98.1 Å². The molecule has 4 rings (SSSR count). The molecule has 0 saturated heterocycles. The normalized spacial score (nSPS) is 11.1. The standard InChI is InChI=1S/C32H42N4O2/c37-27-5-3-17-35-23-11-31(12-24-35)29-7-19-33(20-8-29)15-1-2-16-34-21-9-30(10-22-34)32-13-25-36(26-14-32)18-4-6-28-38/h7-14,19-26,37-38H,1-6,15-18,27-28H2/q+4. The van der Waals surface area contributed by atoms with E-state index in [0.717, 1.165) is 64.7 Å². The van der Waals surface area contributed by atoms with Crippen molar-refractivity contribution in [3.8, 4) is 22.3 Å². The molecule has 198 valence electrons. The molecule has 0 radical (unpaired) electrons. The summed E-state index contributed by atoms with van der Waals surface area (Å²) in [5.74, 6) is 0. The molecule has 4 aromatic rings. The fourth-order valence-corrected chi connectivity index (χ4v) is 4.60. The second-order valence-electron chi connectivity index (χ2n) is 9.87. The van der Waals surface area contributed by atoms with E-state index in [1.165, 1.54) is 22.3 Å². The van der Waals surface area contributed by atoms with Crippen molar-refractivity contribution < 1.29 is 28.5 Å². The topological polar surface area (TPSA) is 56.0 Å². The summed E-state index contributed by atoms with van der Waals surface area (Å²) in [5, 5.41) is 17.9. The van der Waals surface area contributed by atoms with Gasteiger partial charge < -0.3 is 10.2 Å². The molecule has 4 aromatic heterocycles. The van der Waals surface area contributed by atoms with E-state index in [-0.39, 0.29) is 13.2 Å². The van der Waals surface area contributed by atoms with Crippen molar-refractivity contribution in [1.29, 1.82) is 0 Å². The van der Waals surface area contributed by atoms with Gasteiger partial charge in [-0.25, -0.2) is 18.3 Å². The van der Waals surface area contributed by atoms with Gasteiger partial charge >= 0.3 is 0 Å². The molecule has 38 heavy (non-hydrogen) atoms. The lowest BCUT2D eigenvalue weighted by atomic mass is 10.1. The zero-order valence-electron chi connectivity index (χ0n) is 22.4. The van der Waals surface area contributed by atoms with Crippen molar-refractivity contribution >= 4 is 0 Å². The molecule has 0 aliphatic heterocycles. The average molecular weight is 515 g/mol. The molecule has 0 aliphatic rings. The van der Waals surface area contributed by atoms with Crippen LogP contribution in [-0.2, 0) is 26.2 Å². The maximum Gasteiger partial charge on any atom is 0.169 e. The number of nitrogens with zero attached hydrogens (tertiary/aromatic N) is 4.